The van der Waals surface area contributed by atoms with Crippen LogP contribution in [0.4, 0.5) is 5.82 Å². The van der Waals surface area contributed by atoms with E-state index in [4.69, 9.17) is 5.11 Å². The van der Waals surface area contributed by atoms with Crippen LogP contribution in [0.2, 0.25) is 0 Å². The minimum atomic E-state index is 0.167. The van der Waals surface area contributed by atoms with Gasteiger partial charge in [0, 0.05) is 31.9 Å². The number of nitrogens with zero attached hydrogens (tertiary/aromatic N) is 2. The fourth-order valence-electron chi connectivity index (χ4n) is 1.81. The van der Waals surface area contributed by atoms with Crippen molar-refractivity contribution in [1.82, 2.24) is 10.3 Å². The number of hydrogen-bond donors (Lipinski definition) is 2. The lowest BCUT2D eigenvalue weighted by Gasteiger charge is -2.20. The van der Waals surface area contributed by atoms with Crippen LogP contribution in [-0.2, 0) is 6.54 Å². The molecule has 4 heteroatoms. The smallest absolute Gasteiger partial charge is 0.128 e. The Morgan fingerprint density at radius 1 is 1.47 bits per heavy atom. The largest absolute Gasteiger partial charge is 0.395 e. The Morgan fingerprint density at radius 2 is 2.29 bits per heavy atom. The number of rotatable bonds is 7. The normalized spacial score (nSPS) is 14.9. The maximum Gasteiger partial charge on any atom is 0.128 e. The lowest BCUT2D eigenvalue weighted by molar-refractivity contribution is 0.302. The van der Waals surface area contributed by atoms with Crippen LogP contribution in [0.25, 0.3) is 0 Å². The first-order valence-electron chi connectivity index (χ1n) is 6.37. The van der Waals surface area contributed by atoms with E-state index < -0.39 is 0 Å². The molecular formula is C13H21N3O. The first-order valence-corrected chi connectivity index (χ1v) is 6.37. The second kappa shape index (κ2) is 5.98. The van der Waals surface area contributed by atoms with Crippen LogP contribution in [0.1, 0.15) is 25.3 Å². The third-order valence-corrected chi connectivity index (χ3v) is 3.06. The standard InChI is InChI=1S/C13H21N3O/c1-2-16(7-8-17)13-6-3-11(10-15-13)9-14-12-4-5-12/h3,6,10,12,14,17H,2,4-5,7-9H2,1H3. The summed E-state index contributed by atoms with van der Waals surface area (Å²) in [5.74, 6) is 0.941. The Balaban J connectivity index is 1.90. The van der Waals surface area contributed by atoms with E-state index in [2.05, 4.69) is 28.2 Å². The highest BCUT2D eigenvalue weighted by molar-refractivity contribution is 5.39. The van der Waals surface area contributed by atoms with Crippen LogP contribution in [-0.4, -0.2) is 35.8 Å². The highest BCUT2D eigenvalue weighted by Gasteiger charge is 2.19. The molecule has 2 rings (SSSR count). The number of aromatic nitrogens is 1. The molecule has 0 saturated heterocycles. The zero-order chi connectivity index (χ0) is 12.1. The zero-order valence-electron chi connectivity index (χ0n) is 10.4. The van der Waals surface area contributed by atoms with E-state index in [0.29, 0.717) is 6.54 Å². The Kier molecular flexibility index (Phi) is 4.34. The summed E-state index contributed by atoms with van der Waals surface area (Å²) in [5, 5.41) is 12.4. The Morgan fingerprint density at radius 3 is 2.82 bits per heavy atom. The van der Waals surface area contributed by atoms with Crippen LogP contribution in [0.3, 0.4) is 0 Å². The van der Waals surface area contributed by atoms with Crippen molar-refractivity contribution < 1.29 is 5.11 Å². The SMILES string of the molecule is CCN(CCO)c1ccc(CNC2CC2)cn1. The molecule has 1 aromatic heterocycles. The van der Waals surface area contributed by atoms with Crippen molar-refractivity contribution in [3.63, 3.8) is 0 Å². The third-order valence-electron chi connectivity index (χ3n) is 3.06. The summed E-state index contributed by atoms with van der Waals surface area (Å²) < 4.78 is 0. The minimum absolute atomic E-state index is 0.167. The quantitative estimate of drug-likeness (QED) is 0.744. The van der Waals surface area contributed by atoms with Gasteiger partial charge in [0.05, 0.1) is 6.61 Å². The van der Waals surface area contributed by atoms with Gasteiger partial charge in [0.1, 0.15) is 5.82 Å². The van der Waals surface area contributed by atoms with Gasteiger partial charge >= 0.3 is 0 Å². The molecule has 1 heterocycles. The van der Waals surface area contributed by atoms with Crippen molar-refractivity contribution in [1.29, 1.82) is 0 Å². The summed E-state index contributed by atoms with van der Waals surface area (Å²) in [6.07, 6.45) is 4.54. The first-order chi connectivity index (χ1) is 8.33. The number of aliphatic hydroxyl groups excluding tert-OH is 1. The van der Waals surface area contributed by atoms with Gasteiger partial charge in [-0.15, -0.1) is 0 Å². The number of likely N-dealkylation sites (N-methyl/N-ethyl adjacent to an activating group) is 1. The highest BCUT2D eigenvalue weighted by Crippen LogP contribution is 2.19. The van der Waals surface area contributed by atoms with E-state index in [-0.39, 0.29) is 6.61 Å². The van der Waals surface area contributed by atoms with Crippen LogP contribution in [0, 0.1) is 0 Å². The van der Waals surface area contributed by atoms with Crippen molar-refractivity contribution in [2.75, 3.05) is 24.6 Å². The molecule has 94 valence electrons. The first kappa shape index (κ1) is 12.3. The van der Waals surface area contributed by atoms with Crippen LogP contribution >= 0.6 is 0 Å². The van der Waals surface area contributed by atoms with E-state index >= 15 is 0 Å². The van der Waals surface area contributed by atoms with E-state index in [1.807, 2.05) is 12.3 Å². The molecule has 0 unspecified atom stereocenters. The van der Waals surface area contributed by atoms with E-state index in [1.165, 1.54) is 18.4 Å². The maximum absolute atomic E-state index is 8.96. The summed E-state index contributed by atoms with van der Waals surface area (Å²) >= 11 is 0. The molecule has 17 heavy (non-hydrogen) atoms. The van der Waals surface area contributed by atoms with Gasteiger partial charge in [0.25, 0.3) is 0 Å². The molecule has 0 spiro atoms. The highest BCUT2D eigenvalue weighted by atomic mass is 16.3. The second-order valence-corrected chi connectivity index (χ2v) is 4.48. The number of nitrogens with one attached hydrogen (secondary N) is 1. The molecule has 1 aliphatic rings. The van der Waals surface area contributed by atoms with Gasteiger partial charge in [-0.25, -0.2) is 4.98 Å². The summed E-state index contributed by atoms with van der Waals surface area (Å²) in [5.41, 5.74) is 1.22. The Labute approximate surface area is 103 Å². The molecular weight excluding hydrogens is 214 g/mol. The molecule has 2 N–H and O–H groups in total. The number of anilines is 1. The van der Waals surface area contributed by atoms with Gasteiger partial charge in [0.2, 0.25) is 0 Å². The summed E-state index contributed by atoms with van der Waals surface area (Å²) in [7, 11) is 0. The number of pyridine rings is 1. The van der Waals surface area contributed by atoms with Crippen LogP contribution in [0.15, 0.2) is 18.3 Å². The van der Waals surface area contributed by atoms with Crippen molar-refractivity contribution in [2.24, 2.45) is 0 Å². The lowest BCUT2D eigenvalue weighted by atomic mass is 10.2. The third kappa shape index (κ3) is 3.68. The average molecular weight is 235 g/mol. The molecule has 0 atom stereocenters. The second-order valence-electron chi connectivity index (χ2n) is 4.48. The fourth-order valence-corrected chi connectivity index (χ4v) is 1.81. The molecule has 0 radical (unpaired) electrons. The molecule has 0 amide bonds. The Hall–Kier alpha value is -1.13. The summed E-state index contributed by atoms with van der Waals surface area (Å²) in [4.78, 5) is 6.51. The minimum Gasteiger partial charge on any atom is -0.395 e. The fraction of sp³-hybridized carbons (Fsp3) is 0.615. The van der Waals surface area contributed by atoms with Gasteiger partial charge in [-0.2, -0.15) is 0 Å². The van der Waals surface area contributed by atoms with E-state index in [9.17, 15) is 0 Å². The number of hydrogen-bond acceptors (Lipinski definition) is 4. The van der Waals surface area contributed by atoms with E-state index in [1.54, 1.807) is 0 Å². The van der Waals surface area contributed by atoms with Crippen molar-refractivity contribution in [2.45, 2.75) is 32.4 Å². The topological polar surface area (TPSA) is 48.4 Å². The molecule has 1 aliphatic carbocycles. The maximum atomic E-state index is 8.96. The average Bonchev–Trinajstić information content (AvgIpc) is 3.18. The zero-order valence-corrected chi connectivity index (χ0v) is 10.4. The van der Waals surface area contributed by atoms with Gasteiger partial charge in [-0.1, -0.05) is 6.07 Å². The summed E-state index contributed by atoms with van der Waals surface area (Å²) in [6.45, 7) is 4.65. The lowest BCUT2D eigenvalue weighted by Crippen LogP contribution is -2.27. The Bertz CT molecular complexity index is 335. The van der Waals surface area contributed by atoms with Crippen molar-refractivity contribution >= 4 is 5.82 Å². The van der Waals surface area contributed by atoms with Crippen molar-refractivity contribution in [3.8, 4) is 0 Å². The van der Waals surface area contributed by atoms with E-state index in [0.717, 1.165) is 24.9 Å². The van der Waals surface area contributed by atoms with Crippen LogP contribution < -0.4 is 10.2 Å². The predicted molar refractivity (Wildman–Crippen MR) is 69.1 cm³/mol. The number of aliphatic hydroxyl groups is 1. The molecule has 0 aromatic carbocycles. The molecule has 1 aromatic rings. The van der Waals surface area contributed by atoms with Crippen molar-refractivity contribution in [3.05, 3.63) is 23.9 Å². The van der Waals surface area contributed by atoms with Gasteiger partial charge < -0.3 is 15.3 Å². The van der Waals surface area contributed by atoms with Gasteiger partial charge in [-0.3, -0.25) is 0 Å². The molecule has 0 bridgehead atoms. The summed E-state index contributed by atoms with van der Waals surface area (Å²) in [6, 6.07) is 4.87. The van der Waals surface area contributed by atoms with Crippen LogP contribution in [0.5, 0.6) is 0 Å². The van der Waals surface area contributed by atoms with Gasteiger partial charge in [0.15, 0.2) is 0 Å². The molecule has 4 nitrogen and oxygen atoms in total. The monoisotopic (exact) mass is 235 g/mol. The molecule has 1 fully saturated rings. The van der Waals surface area contributed by atoms with Gasteiger partial charge in [-0.05, 0) is 31.4 Å². The molecule has 0 aliphatic heterocycles. The predicted octanol–water partition coefficient (Wildman–Crippen LogP) is 1.15. The molecule has 1 saturated carbocycles.